The number of aryl methyl sites for hydroxylation is 1. The van der Waals surface area contributed by atoms with Crippen molar-refractivity contribution in [3.63, 3.8) is 0 Å². The molecule has 0 fully saturated rings. The van der Waals surface area contributed by atoms with E-state index in [1.807, 2.05) is 38.2 Å². The Morgan fingerprint density at radius 1 is 1.38 bits per heavy atom. The molecule has 0 spiro atoms. The van der Waals surface area contributed by atoms with Crippen LogP contribution in [0.2, 0.25) is 0 Å². The van der Waals surface area contributed by atoms with Crippen molar-refractivity contribution in [2.75, 3.05) is 31.1 Å². The lowest BCUT2D eigenvalue weighted by Gasteiger charge is -2.29. The maximum atomic E-state index is 12.7. The minimum Gasteiger partial charge on any atom is -0.490 e. The molecule has 2 aliphatic heterocycles. The Bertz CT molecular complexity index is 1280. The summed E-state index contributed by atoms with van der Waals surface area (Å²) in [6.07, 6.45) is 2.50. The Labute approximate surface area is 201 Å². The molecule has 11 heteroatoms. The van der Waals surface area contributed by atoms with Crippen molar-refractivity contribution in [1.82, 2.24) is 25.4 Å². The molecular weight excluding hydrogens is 454 g/mol. The molecule has 0 aliphatic carbocycles. The highest BCUT2D eigenvalue weighted by molar-refractivity contribution is 7.17. The lowest BCUT2D eigenvalue weighted by molar-refractivity contribution is 0.0899. The number of hydrogen-bond acceptors (Lipinski definition) is 8. The number of hydrogen-bond donors (Lipinski definition) is 3. The summed E-state index contributed by atoms with van der Waals surface area (Å²) in [5.74, 6) is 0.375. The zero-order valence-electron chi connectivity index (χ0n) is 19.3. The highest BCUT2D eigenvalue weighted by Gasteiger charge is 2.35. The van der Waals surface area contributed by atoms with E-state index in [9.17, 15) is 9.59 Å². The maximum absolute atomic E-state index is 12.7. The van der Waals surface area contributed by atoms with E-state index < -0.39 is 0 Å². The van der Waals surface area contributed by atoms with Gasteiger partial charge >= 0.3 is 0 Å². The van der Waals surface area contributed by atoms with Gasteiger partial charge in [0.2, 0.25) is 0 Å². The van der Waals surface area contributed by atoms with Crippen LogP contribution in [-0.2, 0) is 13.5 Å². The summed E-state index contributed by atoms with van der Waals surface area (Å²) >= 11 is 1.39. The van der Waals surface area contributed by atoms with Gasteiger partial charge in [-0.3, -0.25) is 14.3 Å². The molecule has 178 valence electrons. The van der Waals surface area contributed by atoms with E-state index in [1.54, 1.807) is 11.7 Å². The number of carbonyl (C=O) groups is 2. The molecule has 34 heavy (non-hydrogen) atoms. The zero-order chi connectivity index (χ0) is 24.0. The van der Waals surface area contributed by atoms with E-state index in [0.29, 0.717) is 48.8 Å². The Morgan fingerprint density at radius 2 is 2.21 bits per heavy atom. The fourth-order valence-corrected chi connectivity index (χ4v) is 5.32. The van der Waals surface area contributed by atoms with Crippen LogP contribution in [-0.4, -0.2) is 58.4 Å². The molecule has 2 aromatic heterocycles. The van der Waals surface area contributed by atoms with Gasteiger partial charge in [-0.2, -0.15) is 5.10 Å². The summed E-state index contributed by atoms with van der Waals surface area (Å²) < 4.78 is 7.52. The number of carbonyl (C=O) groups excluding carboxylic acids is 2. The highest BCUT2D eigenvalue weighted by atomic mass is 32.1. The van der Waals surface area contributed by atoms with Gasteiger partial charge in [-0.1, -0.05) is 17.4 Å². The van der Waals surface area contributed by atoms with E-state index >= 15 is 0 Å². The van der Waals surface area contributed by atoms with Gasteiger partial charge in [-0.05, 0) is 31.5 Å². The smallest absolute Gasteiger partial charge is 0.272 e. The van der Waals surface area contributed by atoms with Crippen LogP contribution in [0.15, 0.2) is 24.4 Å². The van der Waals surface area contributed by atoms with Crippen LogP contribution < -0.4 is 26.0 Å². The molecule has 0 saturated heterocycles. The average Bonchev–Trinajstić information content (AvgIpc) is 3.39. The van der Waals surface area contributed by atoms with Crippen molar-refractivity contribution >= 4 is 34.0 Å². The Hall–Kier alpha value is -3.44. The van der Waals surface area contributed by atoms with Crippen LogP contribution in [0.5, 0.6) is 5.75 Å². The molecule has 4 heterocycles. The molecule has 5 rings (SSSR count). The SMILES string of the molecule is Cn1cc(-c2ccc3c(c2)N(c2nc4c(s2)C(=O)NC(C)(C)C4)CCO3)c(C(=O)NCCN)n1. The summed E-state index contributed by atoms with van der Waals surface area (Å²) in [4.78, 5) is 32.9. The summed E-state index contributed by atoms with van der Waals surface area (Å²) in [5.41, 5.74) is 8.74. The highest BCUT2D eigenvalue weighted by Crippen LogP contribution is 2.42. The minimum atomic E-state index is -0.327. The molecule has 0 unspecified atom stereocenters. The second-order valence-corrected chi connectivity index (χ2v) is 10.1. The van der Waals surface area contributed by atoms with Gasteiger partial charge in [-0.15, -0.1) is 0 Å². The first kappa shape index (κ1) is 22.4. The van der Waals surface area contributed by atoms with Crippen molar-refractivity contribution in [1.29, 1.82) is 0 Å². The van der Waals surface area contributed by atoms with E-state index in [2.05, 4.69) is 20.6 Å². The molecule has 2 amide bonds. The Balaban J connectivity index is 1.53. The van der Waals surface area contributed by atoms with Gasteiger partial charge in [-0.25, -0.2) is 4.98 Å². The lowest BCUT2D eigenvalue weighted by atomic mass is 9.94. The number of aromatic nitrogens is 3. The topological polar surface area (TPSA) is 127 Å². The summed E-state index contributed by atoms with van der Waals surface area (Å²) in [6, 6.07) is 5.80. The number of benzene rings is 1. The predicted molar refractivity (Wildman–Crippen MR) is 130 cm³/mol. The number of anilines is 2. The molecule has 4 N–H and O–H groups in total. The third-order valence-electron chi connectivity index (χ3n) is 5.79. The second kappa shape index (κ2) is 8.41. The largest absolute Gasteiger partial charge is 0.490 e. The molecule has 2 aliphatic rings. The van der Waals surface area contributed by atoms with Crippen LogP contribution in [0.4, 0.5) is 10.8 Å². The summed E-state index contributed by atoms with van der Waals surface area (Å²) in [7, 11) is 1.78. The van der Waals surface area contributed by atoms with E-state index in [1.165, 1.54) is 11.3 Å². The summed E-state index contributed by atoms with van der Waals surface area (Å²) in [6.45, 7) is 5.83. The first-order valence-corrected chi connectivity index (χ1v) is 12.0. The molecule has 1 aromatic carbocycles. The molecule has 10 nitrogen and oxygen atoms in total. The molecular formula is C23H27N7O3S. The monoisotopic (exact) mass is 481 g/mol. The lowest BCUT2D eigenvalue weighted by Crippen LogP contribution is -2.48. The number of rotatable bonds is 5. The van der Waals surface area contributed by atoms with E-state index in [0.717, 1.165) is 27.8 Å². The van der Waals surface area contributed by atoms with Gasteiger partial charge in [0.1, 0.15) is 17.2 Å². The Morgan fingerprint density at radius 3 is 3.00 bits per heavy atom. The van der Waals surface area contributed by atoms with Gasteiger partial charge in [0.05, 0.1) is 17.9 Å². The Kier molecular flexibility index (Phi) is 5.53. The fraction of sp³-hybridized carbons (Fsp3) is 0.391. The normalized spacial score (nSPS) is 16.4. The van der Waals surface area contributed by atoms with E-state index in [4.69, 9.17) is 15.5 Å². The van der Waals surface area contributed by atoms with Gasteiger partial charge in [0.25, 0.3) is 11.8 Å². The van der Waals surface area contributed by atoms with Crippen LogP contribution in [0.3, 0.4) is 0 Å². The number of ether oxygens (including phenoxy) is 1. The van der Waals surface area contributed by atoms with Gasteiger partial charge in [0, 0.05) is 43.9 Å². The van der Waals surface area contributed by atoms with Crippen molar-refractivity contribution < 1.29 is 14.3 Å². The van der Waals surface area contributed by atoms with Gasteiger partial charge in [0.15, 0.2) is 10.8 Å². The maximum Gasteiger partial charge on any atom is 0.272 e. The van der Waals surface area contributed by atoms with Crippen molar-refractivity contribution in [3.05, 3.63) is 40.7 Å². The van der Waals surface area contributed by atoms with Crippen LogP contribution in [0.25, 0.3) is 11.1 Å². The van der Waals surface area contributed by atoms with Crippen LogP contribution >= 0.6 is 11.3 Å². The molecule has 0 radical (unpaired) electrons. The van der Waals surface area contributed by atoms with Crippen molar-refractivity contribution in [3.8, 4) is 16.9 Å². The van der Waals surface area contributed by atoms with Gasteiger partial charge < -0.3 is 26.0 Å². The van der Waals surface area contributed by atoms with Crippen LogP contribution in [0.1, 0.15) is 39.7 Å². The number of nitrogens with one attached hydrogen (secondary N) is 2. The molecule has 0 saturated carbocycles. The molecule has 0 atom stereocenters. The van der Waals surface area contributed by atoms with E-state index in [-0.39, 0.29) is 17.4 Å². The molecule has 0 bridgehead atoms. The number of nitrogens with two attached hydrogens (primary N) is 1. The average molecular weight is 482 g/mol. The zero-order valence-corrected chi connectivity index (χ0v) is 20.2. The third kappa shape index (κ3) is 4.01. The minimum absolute atomic E-state index is 0.0827. The van der Waals surface area contributed by atoms with Crippen molar-refractivity contribution in [2.45, 2.75) is 25.8 Å². The van der Waals surface area contributed by atoms with Crippen molar-refractivity contribution in [2.24, 2.45) is 12.8 Å². The predicted octanol–water partition coefficient (Wildman–Crippen LogP) is 1.83. The quantitative estimate of drug-likeness (QED) is 0.507. The molecule has 3 aromatic rings. The summed E-state index contributed by atoms with van der Waals surface area (Å²) in [5, 5.41) is 10.9. The fourth-order valence-electron chi connectivity index (χ4n) is 4.30. The third-order valence-corrected chi connectivity index (χ3v) is 6.91. The first-order chi connectivity index (χ1) is 16.3. The number of thiazole rings is 1. The number of amides is 2. The first-order valence-electron chi connectivity index (χ1n) is 11.1. The standard InChI is InChI=1S/C23H27N7O3S/c1-23(2)11-15-19(21(32)27-23)34-22(26-15)30-8-9-33-17-5-4-13(10-16(17)30)14-12-29(3)28-18(14)20(31)25-7-6-24/h4-5,10,12H,6-9,11,24H2,1-3H3,(H,25,31)(H,27,32). The van der Waals surface area contributed by atoms with Crippen LogP contribution in [0, 0.1) is 0 Å². The number of nitrogens with zero attached hydrogens (tertiary/aromatic N) is 4. The number of fused-ring (bicyclic) bond motifs is 2. The second-order valence-electron chi connectivity index (χ2n) is 9.08.